The highest BCUT2D eigenvalue weighted by atomic mass is 35.5. The minimum absolute atomic E-state index is 0.638. The van der Waals surface area contributed by atoms with Gasteiger partial charge in [0.1, 0.15) is 16.2 Å². The maximum atomic E-state index is 6.46. The lowest BCUT2D eigenvalue weighted by molar-refractivity contribution is -0.658. The van der Waals surface area contributed by atoms with Crippen LogP contribution in [0.3, 0.4) is 0 Å². The van der Waals surface area contributed by atoms with Gasteiger partial charge < -0.3 is 0 Å². The highest BCUT2D eigenvalue weighted by Crippen LogP contribution is 2.31. The van der Waals surface area contributed by atoms with E-state index in [0.29, 0.717) is 6.04 Å². The fraction of sp³-hybridized carbons (Fsp3) is 0.462. The number of rotatable bonds is 1. The zero-order chi connectivity index (χ0) is 11.0. The SMILES string of the molecule is Clc1c2ccccc2s[n+]1C1CCCCC1. The van der Waals surface area contributed by atoms with E-state index in [1.54, 1.807) is 0 Å². The summed E-state index contributed by atoms with van der Waals surface area (Å²) < 4.78 is 3.63. The summed E-state index contributed by atoms with van der Waals surface area (Å²) in [6.45, 7) is 0. The molecule has 1 aromatic heterocycles. The third-order valence-electron chi connectivity index (χ3n) is 3.41. The molecule has 0 N–H and O–H groups in total. The topological polar surface area (TPSA) is 3.88 Å². The molecule has 1 fully saturated rings. The standard InChI is InChI=1S/C13H15ClNS/c14-13-11-8-4-5-9-12(11)16-15(13)10-6-2-1-3-7-10/h4-5,8-10H,1-3,6-7H2/q+1. The summed E-state index contributed by atoms with van der Waals surface area (Å²) in [6, 6.07) is 9.06. The fourth-order valence-electron chi connectivity index (χ4n) is 2.53. The number of aromatic nitrogens is 1. The molecule has 16 heavy (non-hydrogen) atoms. The van der Waals surface area contributed by atoms with Crippen LogP contribution in [0.25, 0.3) is 10.1 Å². The third-order valence-corrected chi connectivity index (χ3v) is 5.12. The third kappa shape index (κ3) is 1.74. The van der Waals surface area contributed by atoms with Crippen molar-refractivity contribution in [3.8, 4) is 0 Å². The van der Waals surface area contributed by atoms with Crippen molar-refractivity contribution in [1.29, 1.82) is 0 Å². The molecular formula is C13H15ClNS+. The van der Waals surface area contributed by atoms with Crippen LogP contribution in [0.15, 0.2) is 24.3 Å². The van der Waals surface area contributed by atoms with Crippen LogP contribution in [0.4, 0.5) is 0 Å². The Morgan fingerprint density at radius 2 is 1.88 bits per heavy atom. The monoisotopic (exact) mass is 252 g/mol. The van der Waals surface area contributed by atoms with E-state index < -0.39 is 0 Å². The second-order valence-electron chi connectivity index (χ2n) is 4.50. The molecule has 0 spiro atoms. The lowest BCUT2D eigenvalue weighted by Gasteiger charge is -2.15. The van der Waals surface area contributed by atoms with Crippen LogP contribution in [0.2, 0.25) is 5.15 Å². The summed E-state index contributed by atoms with van der Waals surface area (Å²) in [5.41, 5.74) is 0. The van der Waals surface area contributed by atoms with E-state index in [1.807, 2.05) is 11.5 Å². The predicted octanol–water partition coefficient (Wildman–Crippen LogP) is 4.35. The first-order chi connectivity index (χ1) is 7.86. The van der Waals surface area contributed by atoms with Gasteiger partial charge in [0.2, 0.25) is 0 Å². The molecule has 3 rings (SSSR count). The molecule has 0 saturated heterocycles. The van der Waals surface area contributed by atoms with E-state index in [-0.39, 0.29) is 0 Å². The Kier molecular flexibility index (Phi) is 2.86. The number of hydrogen-bond acceptors (Lipinski definition) is 1. The molecule has 0 bridgehead atoms. The highest BCUT2D eigenvalue weighted by molar-refractivity contribution is 7.10. The zero-order valence-corrected chi connectivity index (χ0v) is 10.7. The first kappa shape index (κ1) is 10.5. The van der Waals surface area contributed by atoms with Crippen molar-refractivity contribution < 1.29 is 3.96 Å². The summed E-state index contributed by atoms with van der Waals surface area (Å²) >= 11 is 8.28. The summed E-state index contributed by atoms with van der Waals surface area (Å²) in [5.74, 6) is 0. The molecule has 2 aromatic rings. The molecule has 1 saturated carbocycles. The van der Waals surface area contributed by atoms with Gasteiger partial charge in [-0.3, -0.25) is 0 Å². The van der Waals surface area contributed by atoms with Gasteiger partial charge in [-0.15, -0.1) is 3.96 Å². The second kappa shape index (κ2) is 4.34. The van der Waals surface area contributed by atoms with Gasteiger partial charge in [0, 0.05) is 12.8 Å². The Hall–Kier alpha value is -0.600. The van der Waals surface area contributed by atoms with Crippen LogP contribution in [0, 0.1) is 0 Å². The van der Waals surface area contributed by atoms with E-state index in [0.717, 1.165) is 5.15 Å². The lowest BCUT2D eigenvalue weighted by atomic mass is 9.96. The Morgan fingerprint density at radius 1 is 1.12 bits per heavy atom. The van der Waals surface area contributed by atoms with Crippen LogP contribution in [-0.2, 0) is 0 Å². The first-order valence-electron chi connectivity index (χ1n) is 5.95. The predicted molar refractivity (Wildman–Crippen MR) is 69.2 cm³/mol. The van der Waals surface area contributed by atoms with Gasteiger partial charge in [0.15, 0.2) is 6.04 Å². The van der Waals surface area contributed by atoms with Crippen LogP contribution >= 0.6 is 23.1 Å². The molecule has 1 aromatic carbocycles. The van der Waals surface area contributed by atoms with Crippen LogP contribution in [0.1, 0.15) is 38.1 Å². The Morgan fingerprint density at radius 3 is 2.62 bits per heavy atom. The molecule has 1 aliphatic carbocycles. The molecule has 1 nitrogen and oxygen atoms in total. The normalized spacial score (nSPS) is 18.1. The Balaban J connectivity index is 2.05. The van der Waals surface area contributed by atoms with Crippen molar-refractivity contribution in [3.05, 3.63) is 29.4 Å². The molecule has 1 heterocycles. The van der Waals surface area contributed by atoms with E-state index in [4.69, 9.17) is 11.6 Å². The molecule has 84 valence electrons. The van der Waals surface area contributed by atoms with Crippen LogP contribution in [0.5, 0.6) is 0 Å². The van der Waals surface area contributed by atoms with Crippen molar-refractivity contribution in [2.75, 3.05) is 0 Å². The molecule has 0 amide bonds. The van der Waals surface area contributed by atoms with Crippen molar-refractivity contribution >= 4 is 33.2 Å². The largest absolute Gasteiger partial charge is 0.297 e. The van der Waals surface area contributed by atoms with Crippen molar-refractivity contribution in [3.63, 3.8) is 0 Å². The van der Waals surface area contributed by atoms with Crippen LogP contribution in [-0.4, -0.2) is 0 Å². The van der Waals surface area contributed by atoms with Crippen LogP contribution < -0.4 is 3.96 Å². The van der Waals surface area contributed by atoms with E-state index >= 15 is 0 Å². The van der Waals surface area contributed by atoms with Gasteiger partial charge in [0.25, 0.3) is 5.15 Å². The number of hydrogen-bond donors (Lipinski definition) is 0. The molecule has 0 radical (unpaired) electrons. The molecule has 0 atom stereocenters. The molecule has 3 heteroatoms. The van der Waals surface area contributed by atoms with Crippen molar-refractivity contribution in [2.45, 2.75) is 38.1 Å². The Labute approximate surface area is 105 Å². The lowest BCUT2D eigenvalue weighted by Crippen LogP contribution is -2.37. The number of halogens is 1. The van der Waals surface area contributed by atoms with E-state index in [1.165, 1.54) is 42.2 Å². The zero-order valence-electron chi connectivity index (χ0n) is 9.16. The number of fused-ring (bicyclic) bond motifs is 1. The average molecular weight is 253 g/mol. The van der Waals surface area contributed by atoms with Gasteiger partial charge >= 0.3 is 0 Å². The summed E-state index contributed by atoms with van der Waals surface area (Å²) in [5, 5.41) is 2.15. The summed E-state index contributed by atoms with van der Waals surface area (Å²) in [4.78, 5) is 0. The Bertz CT molecular complexity index is 500. The summed E-state index contributed by atoms with van der Waals surface area (Å²) in [7, 11) is 0. The molecule has 0 unspecified atom stereocenters. The molecule has 1 aliphatic rings. The van der Waals surface area contributed by atoms with Gasteiger partial charge in [-0.2, -0.15) is 0 Å². The highest BCUT2D eigenvalue weighted by Gasteiger charge is 2.28. The minimum Gasteiger partial charge on any atom is -0.120 e. The smallest absolute Gasteiger partial charge is 0.120 e. The molecule has 0 aliphatic heterocycles. The number of nitrogens with zero attached hydrogens (tertiary/aromatic N) is 1. The maximum absolute atomic E-state index is 6.46. The average Bonchev–Trinajstić information content (AvgIpc) is 2.69. The van der Waals surface area contributed by atoms with Crippen molar-refractivity contribution in [2.24, 2.45) is 0 Å². The van der Waals surface area contributed by atoms with E-state index in [2.05, 4.69) is 28.2 Å². The second-order valence-corrected chi connectivity index (χ2v) is 5.87. The summed E-state index contributed by atoms with van der Waals surface area (Å²) in [6.07, 6.45) is 6.67. The number of benzene rings is 1. The van der Waals surface area contributed by atoms with Gasteiger partial charge in [-0.05, 0) is 36.6 Å². The minimum atomic E-state index is 0.638. The first-order valence-corrected chi connectivity index (χ1v) is 7.10. The maximum Gasteiger partial charge on any atom is 0.297 e. The quantitative estimate of drug-likeness (QED) is 0.665. The van der Waals surface area contributed by atoms with Gasteiger partial charge in [-0.25, -0.2) is 0 Å². The molecular weight excluding hydrogens is 238 g/mol. The fourth-order valence-corrected chi connectivity index (χ4v) is 4.15. The van der Waals surface area contributed by atoms with Gasteiger partial charge in [-0.1, -0.05) is 18.6 Å². The van der Waals surface area contributed by atoms with E-state index in [9.17, 15) is 0 Å². The van der Waals surface area contributed by atoms with Gasteiger partial charge in [0.05, 0.1) is 5.39 Å². The van der Waals surface area contributed by atoms with Crippen molar-refractivity contribution in [1.82, 2.24) is 0 Å².